The largest absolute Gasteiger partial charge is 0.397 e. The summed E-state index contributed by atoms with van der Waals surface area (Å²) in [5.41, 5.74) is -1.52. The monoisotopic (exact) mass is 1080 g/mol. The molecule has 2 saturated carbocycles. The minimum Gasteiger partial charge on any atom is -0.396 e. The number of rotatable bonds is 26. The Kier molecular flexibility index (Phi) is 22.1. The third-order valence-electron chi connectivity index (χ3n) is 15.0. The first kappa shape index (κ1) is 59.8. The van der Waals surface area contributed by atoms with E-state index < -0.39 is 139 Å². The zero-order valence-electron chi connectivity index (χ0n) is 42.6. The number of carbonyl (C=O) groups is 4. The summed E-state index contributed by atoms with van der Waals surface area (Å²) in [5, 5.41) is 78.0. The average Bonchev–Trinajstić information content (AvgIpc) is 3.82. The van der Waals surface area contributed by atoms with E-state index in [-0.39, 0.29) is 68.7 Å². The van der Waals surface area contributed by atoms with Gasteiger partial charge in [0.2, 0.25) is 5.91 Å². The molecular weight excluding hydrogens is 1000 g/mol. The quantitative estimate of drug-likeness (QED) is 0.0372. The second-order valence-electron chi connectivity index (χ2n) is 20.7. The number of hydrogen-bond acceptors (Lipinski definition) is 21. The zero-order chi connectivity index (χ0) is 53.9. The lowest BCUT2D eigenvalue weighted by atomic mass is 9.74. The molecular formula is C47H78N6O20S. The van der Waals surface area contributed by atoms with Gasteiger partial charge in [0.05, 0.1) is 62.9 Å². The number of amides is 3. The van der Waals surface area contributed by atoms with Crippen LogP contribution in [0, 0.1) is 23.2 Å². The highest BCUT2D eigenvalue weighted by Gasteiger charge is 2.53. The van der Waals surface area contributed by atoms with Crippen LogP contribution in [0.5, 0.6) is 0 Å². The Morgan fingerprint density at radius 1 is 0.932 bits per heavy atom. The molecule has 0 spiro atoms. The maximum absolute atomic E-state index is 14.2. The molecule has 3 saturated heterocycles. The van der Waals surface area contributed by atoms with Crippen molar-refractivity contribution in [3.05, 3.63) is 11.9 Å². The zero-order valence-corrected chi connectivity index (χ0v) is 43.4. The van der Waals surface area contributed by atoms with Crippen molar-refractivity contribution in [3.8, 4) is 0 Å². The minimum absolute atomic E-state index is 0.00126. The molecule has 1 aromatic rings. The number of ether oxygens (including phenoxy) is 6. The van der Waals surface area contributed by atoms with Crippen LogP contribution in [-0.4, -0.2) is 220 Å². The number of aliphatic hydroxyl groups excluding tert-OH is 6. The van der Waals surface area contributed by atoms with Crippen molar-refractivity contribution in [2.24, 2.45) is 23.2 Å². The van der Waals surface area contributed by atoms with Gasteiger partial charge in [-0.15, -0.1) is 5.10 Å². The number of likely N-dealkylation sites (tertiary alicyclic amines) is 1. The van der Waals surface area contributed by atoms with Gasteiger partial charge in [-0.05, 0) is 50.9 Å². The van der Waals surface area contributed by atoms with Crippen molar-refractivity contribution >= 4 is 33.9 Å². The maximum atomic E-state index is 14.2. The summed E-state index contributed by atoms with van der Waals surface area (Å²) >= 11 is 0. The molecule has 1 aromatic heterocycles. The van der Waals surface area contributed by atoms with Crippen LogP contribution in [0.4, 0.5) is 0 Å². The Morgan fingerprint density at radius 2 is 1.66 bits per heavy atom. The molecule has 26 nitrogen and oxygen atoms in total. The van der Waals surface area contributed by atoms with Gasteiger partial charge in [-0.1, -0.05) is 50.7 Å². The molecule has 4 heterocycles. The van der Waals surface area contributed by atoms with Crippen LogP contribution in [0.25, 0.3) is 0 Å². The van der Waals surface area contributed by atoms with Gasteiger partial charge in [0.15, 0.2) is 18.3 Å². The minimum atomic E-state index is -4.85. The Hall–Kier alpha value is -3.39. The van der Waals surface area contributed by atoms with Crippen molar-refractivity contribution in [2.45, 2.75) is 184 Å². The van der Waals surface area contributed by atoms with Crippen LogP contribution in [0.15, 0.2) is 6.20 Å². The first-order chi connectivity index (χ1) is 35.2. The van der Waals surface area contributed by atoms with Crippen LogP contribution in [-0.2, 0) is 63.9 Å². The summed E-state index contributed by atoms with van der Waals surface area (Å²) in [7, 11) is -3.54. The maximum Gasteiger partial charge on any atom is 0.397 e. The Morgan fingerprint density at radius 3 is 2.28 bits per heavy atom. The van der Waals surface area contributed by atoms with E-state index in [9.17, 15) is 58.2 Å². The summed E-state index contributed by atoms with van der Waals surface area (Å²) in [6.45, 7) is 3.35. The molecule has 9 N–H and O–H groups in total. The third kappa shape index (κ3) is 15.6. The van der Waals surface area contributed by atoms with Crippen LogP contribution >= 0.6 is 0 Å². The molecule has 74 heavy (non-hydrogen) atoms. The number of ketones is 1. The van der Waals surface area contributed by atoms with Crippen molar-refractivity contribution < 1.29 is 95.4 Å². The van der Waals surface area contributed by atoms with E-state index in [0.717, 1.165) is 38.5 Å². The number of Topliss-reactive ketones (excluding diaryl/α,β-unsaturated/α-hetero) is 1. The van der Waals surface area contributed by atoms with E-state index in [1.165, 1.54) is 31.8 Å². The van der Waals surface area contributed by atoms with E-state index >= 15 is 0 Å². The van der Waals surface area contributed by atoms with Crippen molar-refractivity contribution in [3.63, 3.8) is 0 Å². The van der Waals surface area contributed by atoms with E-state index in [1.807, 2.05) is 6.92 Å². The highest BCUT2D eigenvalue weighted by molar-refractivity contribution is 7.80. The van der Waals surface area contributed by atoms with E-state index in [4.69, 9.17) is 33.0 Å². The average molecular weight is 1080 g/mol. The van der Waals surface area contributed by atoms with Gasteiger partial charge in [0.25, 0.3) is 11.8 Å². The fourth-order valence-corrected chi connectivity index (χ4v) is 11.1. The van der Waals surface area contributed by atoms with Crippen LogP contribution < -0.4 is 10.6 Å². The highest BCUT2D eigenvalue weighted by atomic mass is 32.3. The fraction of sp³-hybridized carbons (Fsp3) is 0.872. The van der Waals surface area contributed by atoms with Gasteiger partial charge in [0, 0.05) is 46.0 Å². The van der Waals surface area contributed by atoms with Crippen LogP contribution in [0.2, 0.25) is 0 Å². The van der Waals surface area contributed by atoms with Gasteiger partial charge in [-0.25, -0.2) is 4.18 Å². The van der Waals surface area contributed by atoms with Gasteiger partial charge in [-0.2, -0.15) is 8.42 Å². The SMILES string of the molecule is CC[C@@H]1CC(C(=O)CCCNC(=O)c2cn(CC(CO)(COC)COS(=O)(=O)O)nn2)C[C@@H](O[C@@H]2O[C@@H](CO)[C@H](O)C(O[C@@H](CC3CCCCC3)C(=O)N3CCC3)C2NC(C)=O)C1O[C@@H]1OC(C)[C@@H](O)[C@H](O)C1O. The molecule has 7 unspecified atom stereocenters. The van der Waals surface area contributed by atoms with E-state index in [2.05, 4.69) is 25.1 Å². The summed E-state index contributed by atoms with van der Waals surface area (Å²) in [5.74, 6) is -2.56. The number of nitrogens with one attached hydrogen (secondary N) is 2. The molecule has 3 amide bonds. The molecule has 5 fully saturated rings. The number of aromatic nitrogens is 3. The molecule has 16 atom stereocenters. The standard InChI is InChI=1S/C47H78N6O20S/c1-5-29-18-30(32(57)13-9-14-48-43(62)31-20-53(51-50-31)22-47(23-55,24-67-4)25-68-74(64,65)66)19-33(41(29)73-46-40(61)39(60)37(58)26(2)69-46)71-45-36(49-27(3)56)42(38(59)35(21-54)72-45)70-34(44(63)52-15-10-16-52)17-28-11-7-6-8-12-28/h20,26,28-30,33-42,45-46,54-55,58-61H,5-19,21-25H2,1-4H3,(H,48,62)(H,49,56)(H,64,65,66)/t26?,29-,30?,33-,34+,35+,36?,37-,38+,39+,40?,41?,42?,45-,46+,47?/m1/s1. The van der Waals surface area contributed by atoms with Gasteiger partial charge in [-0.3, -0.25) is 28.4 Å². The lowest BCUT2D eigenvalue weighted by Gasteiger charge is -2.49. The molecule has 5 aliphatic rings. The van der Waals surface area contributed by atoms with E-state index in [0.29, 0.717) is 25.9 Å². The molecule has 422 valence electrons. The van der Waals surface area contributed by atoms with Crippen LogP contribution in [0.3, 0.4) is 0 Å². The first-order valence-corrected chi connectivity index (χ1v) is 27.2. The van der Waals surface area contributed by atoms with Gasteiger partial charge < -0.3 is 74.6 Å². The second-order valence-corrected chi connectivity index (χ2v) is 21.7. The fourth-order valence-electron chi connectivity index (χ4n) is 10.7. The number of aliphatic hydroxyl groups is 6. The van der Waals surface area contributed by atoms with Crippen molar-refractivity contribution in [2.75, 3.05) is 53.2 Å². The second kappa shape index (κ2) is 27.3. The molecule has 0 bridgehead atoms. The third-order valence-corrected chi connectivity index (χ3v) is 15.5. The molecule has 6 rings (SSSR count). The van der Waals surface area contributed by atoms with Gasteiger partial charge >= 0.3 is 10.4 Å². The molecule has 3 aliphatic heterocycles. The Labute approximate surface area is 431 Å². The topological polar surface area (TPSA) is 367 Å². The highest BCUT2D eigenvalue weighted by Crippen LogP contribution is 2.41. The molecule has 0 radical (unpaired) electrons. The Bertz CT molecular complexity index is 2100. The summed E-state index contributed by atoms with van der Waals surface area (Å²) in [6.07, 6.45) is -7.54. The van der Waals surface area contributed by atoms with Crippen LogP contribution in [0.1, 0.15) is 108 Å². The van der Waals surface area contributed by atoms with Crippen molar-refractivity contribution in [1.82, 2.24) is 30.5 Å². The summed E-state index contributed by atoms with van der Waals surface area (Å²) < 4.78 is 74.4. The smallest absolute Gasteiger partial charge is 0.396 e. The normalized spacial score (nSPS) is 33.3. The number of nitrogens with zero attached hydrogens (tertiary/aromatic N) is 4. The van der Waals surface area contributed by atoms with Crippen molar-refractivity contribution in [1.29, 1.82) is 0 Å². The predicted octanol–water partition coefficient (Wildman–Crippen LogP) is -1.62. The first-order valence-electron chi connectivity index (χ1n) is 25.8. The Balaban J connectivity index is 1.19. The number of carbonyl (C=O) groups excluding carboxylic acids is 4. The summed E-state index contributed by atoms with van der Waals surface area (Å²) in [6, 6.07) is -1.26. The predicted molar refractivity (Wildman–Crippen MR) is 255 cm³/mol. The number of hydrogen-bond donors (Lipinski definition) is 9. The molecule has 0 aromatic carbocycles. The lowest BCUT2D eigenvalue weighted by Crippen LogP contribution is -2.67. The molecule has 2 aliphatic carbocycles. The van der Waals surface area contributed by atoms with E-state index in [1.54, 1.807) is 4.90 Å². The van der Waals surface area contributed by atoms with Gasteiger partial charge in [0.1, 0.15) is 54.6 Å². The summed E-state index contributed by atoms with van der Waals surface area (Å²) in [4.78, 5) is 56.0. The lowest BCUT2D eigenvalue weighted by molar-refractivity contribution is -0.338. The molecule has 27 heteroatoms. The number of methoxy groups -OCH3 is 1.